The van der Waals surface area contributed by atoms with Crippen molar-refractivity contribution in [3.05, 3.63) is 47.5 Å². The molecule has 40 heavy (non-hydrogen) atoms. The van der Waals surface area contributed by atoms with Gasteiger partial charge in [-0.15, -0.1) is 0 Å². The zero-order chi connectivity index (χ0) is 30.0. The smallest absolute Gasteiger partial charge is 0.475 e. The summed E-state index contributed by atoms with van der Waals surface area (Å²) in [4.78, 5) is 22.7. The molecule has 1 unspecified atom stereocenters. The molecule has 3 heterocycles. The Morgan fingerprint density at radius 3 is 2.00 bits per heavy atom. The van der Waals surface area contributed by atoms with E-state index < -0.39 is 24.3 Å². The number of carboxylic acid groups (broad SMARTS) is 2. The number of benzene rings is 1. The van der Waals surface area contributed by atoms with Crippen molar-refractivity contribution >= 4 is 11.9 Å². The largest absolute Gasteiger partial charge is 0.490 e. The lowest BCUT2D eigenvalue weighted by Gasteiger charge is -2.43. The van der Waals surface area contributed by atoms with Gasteiger partial charge < -0.3 is 14.9 Å². The number of alkyl halides is 6. The Hall–Kier alpha value is -3.31. The highest BCUT2D eigenvalue weighted by Crippen LogP contribution is 2.34. The number of nitrogens with one attached hydrogen (secondary N) is 1. The first-order chi connectivity index (χ1) is 18.6. The minimum atomic E-state index is -5.08. The standard InChI is InChI=1S/C19H26FN5O.2C2HF3O2/c20-17-4-2-16(3-5-17)11-24-7-1-6-19(13-24)14-25(8-9-26-15-19)12-18-10-21-23-22-18;2*3-2(4,5)1(6)7/h2-5,10H,1,6-9,11-15H2,(H,21,22,23);2*(H,6,7). The number of aromatic nitrogens is 3. The van der Waals surface area contributed by atoms with Gasteiger partial charge in [0.1, 0.15) is 5.82 Å². The molecule has 2 aliphatic rings. The highest BCUT2D eigenvalue weighted by molar-refractivity contribution is 5.73. The van der Waals surface area contributed by atoms with Crippen molar-refractivity contribution in [2.75, 3.05) is 39.4 Å². The fourth-order valence-corrected chi connectivity index (χ4v) is 4.29. The SMILES string of the molecule is Fc1ccc(CN2CCCC3(COCCN(Cc4cn[nH]n4)C3)C2)cc1.O=C(O)C(F)(F)F.O=C(O)C(F)(F)F. The number of carbonyl (C=O) groups is 2. The number of hydrogen-bond donors (Lipinski definition) is 3. The third-order valence-electron chi connectivity index (χ3n) is 5.91. The van der Waals surface area contributed by atoms with Crippen LogP contribution in [0.5, 0.6) is 0 Å². The minimum absolute atomic E-state index is 0.151. The van der Waals surface area contributed by atoms with Crippen LogP contribution in [-0.2, 0) is 27.4 Å². The predicted molar refractivity (Wildman–Crippen MR) is 123 cm³/mol. The van der Waals surface area contributed by atoms with E-state index in [-0.39, 0.29) is 11.2 Å². The topological polar surface area (TPSA) is 132 Å². The molecule has 0 amide bonds. The Morgan fingerprint density at radius 1 is 0.950 bits per heavy atom. The summed E-state index contributed by atoms with van der Waals surface area (Å²) in [6, 6.07) is 6.86. The average molecular weight is 587 g/mol. The van der Waals surface area contributed by atoms with E-state index in [1.54, 1.807) is 18.3 Å². The summed E-state index contributed by atoms with van der Waals surface area (Å²) in [7, 11) is 0. The first-order valence-corrected chi connectivity index (χ1v) is 11.8. The lowest BCUT2D eigenvalue weighted by atomic mass is 9.80. The second kappa shape index (κ2) is 14.4. The fourth-order valence-electron chi connectivity index (χ4n) is 4.29. The predicted octanol–water partition coefficient (Wildman–Crippen LogP) is 3.33. The van der Waals surface area contributed by atoms with Gasteiger partial charge in [0, 0.05) is 38.1 Å². The number of aliphatic carboxylic acids is 2. The molecule has 0 bridgehead atoms. The lowest BCUT2D eigenvalue weighted by molar-refractivity contribution is -0.193. The Kier molecular flexibility index (Phi) is 11.8. The molecule has 4 rings (SSSR count). The van der Waals surface area contributed by atoms with Crippen LogP contribution in [0.1, 0.15) is 24.1 Å². The molecule has 1 aromatic heterocycles. The van der Waals surface area contributed by atoms with E-state index in [0.717, 1.165) is 63.7 Å². The number of likely N-dealkylation sites (tertiary alicyclic amines) is 1. The lowest BCUT2D eigenvalue weighted by Crippen LogP contribution is -2.50. The summed E-state index contributed by atoms with van der Waals surface area (Å²) < 4.78 is 82.6. The molecule has 17 heteroatoms. The number of halogens is 7. The first-order valence-electron chi connectivity index (χ1n) is 11.8. The van der Waals surface area contributed by atoms with Gasteiger partial charge in [0.2, 0.25) is 0 Å². The zero-order valence-electron chi connectivity index (χ0n) is 21.0. The number of carboxylic acids is 2. The van der Waals surface area contributed by atoms with Crippen LogP contribution in [0.4, 0.5) is 30.7 Å². The van der Waals surface area contributed by atoms with Gasteiger partial charge in [-0.25, -0.2) is 14.0 Å². The van der Waals surface area contributed by atoms with Crippen LogP contribution in [0.15, 0.2) is 30.5 Å². The fraction of sp³-hybridized carbons (Fsp3) is 0.565. The number of nitrogens with zero attached hydrogens (tertiary/aromatic N) is 4. The van der Waals surface area contributed by atoms with Crippen molar-refractivity contribution in [1.82, 2.24) is 25.2 Å². The normalized spacial score (nSPS) is 20.5. The molecule has 224 valence electrons. The van der Waals surface area contributed by atoms with Gasteiger partial charge >= 0.3 is 24.3 Å². The molecule has 1 aromatic carbocycles. The highest BCUT2D eigenvalue weighted by Gasteiger charge is 2.40. The monoisotopic (exact) mass is 587 g/mol. The number of H-pyrrole nitrogens is 1. The molecule has 2 aromatic rings. The number of aromatic amines is 1. The number of rotatable bonds is 4. The van der Waals surface area contributed by atoms with Crippen molar-refractivity contribution in [3.63, 3.8) is 0 Å². The number of ether oxygens (including phenoxy) is 1. The van der Waals surface area contributed by atoms with Crippen molar-refractivity contribution in [2.45, 2.75) is 38.3 Å². The highest BCUT2D eigenvalue weighted by atomic mass is 19.4. The van der Waals surface area contributed by atoms with E-state index >= 15 is 0 Å². The summed E-state index contributed by atoms with van der Waals surface area (Å²) in [5, 5.41) is 25.0. The van der Waals surface area contributed by atoms with Gasteiger partial charge in [0.25, 0.3) is 0 Å². The third kappa shape index (κ3) is 11.4. The van der Waals surface area contributed by atoms with Crippen LogP contribution in [-0.4, -0.2) is 99.1 Å². The molecule has 0 radical (unpaired) electrons. The molecular weight excluding hydrogens is 559 g/mol. The van der Waals surface area contributed by atoms with E-state index in [4.69, 9.17) is 24.5 Å². The van der Waals surface area contributed by atoms with E-state index in [0.29, 0.717) is 0 Å². The summed E-state index contributed by atoms with van der Waals surface area (Å²) in [6.45, 7) is 7.28. The van der Waals surface area contributed by atoms with E-state index in [9.17, 15) is 30.7 Å². The maximum absolute atomic E-state index is 13.1. The van der Waals surface area contributed by atoms with Crippen molar-refractivity contribution in [3.8, 4) is 0 Å². The first kappa shape index (κ1) is 32.9. The van der Waals surface area contributed by atoms with Crippen LogP contribution >= 0.6 is 0 Å². The van der Waals surface area contributed by atoms with Crippen LogP contribution in [0.25, 0.3) is 0 Å². The van der Waals surface area contributed by atoms with Crippen LogP contribution in [0, 0.1) is 11.2 Å². The molecular formula is C23H28F7N5O5. The molecule has 0 aliphatic carbocycles. The van der Waals surface area contributed by atoms with E-state index in [2.05, 4.69) is 25.2 Å². The summed E-state index contributed by atoms with van der Waals surface area (Å²) in [5.41, 5.74) is 2.29. The summed E-state index contributed by atoms with van der Waals surface area (Å²) in [6.07, 6.45) is -6.02. The Labute approximate surface area is 223 Å². The quantitative estimate of drug-likeness (QED) is 0.461. The van der Waals surface area contributed by atoms with Crippen LogP contribution in [0.3, 0.4) is 0 Å². The molecule has 3 N–H and O–H groups in total. The van der Waals surface area contributed by atoms with Gasteiger partial charge in [0.15, 0.2) is 0 Å². The summed E-state index contributed by atoms with van der Waals surface area (Å²) >= 11 is 0. The Morgan fingerprint density at radius 2 is 1.50 bits per heavy atom. The van der Waals surface area contributed by atoms with Gasteiger partial charge in [0.05, 0.1) is 25.1 Å². The summed E-state index contributed by atoms with van der Waals surface area (Å²) in [5.74, 6) is -5.69. The Balaban J connectivity index is 0.000000333. The van der Waals surface area contributed by atoms with E-state index in [1.165, 1.54) is 12.8 Å². The second-order valence-electron chi connectivity index (χ2n) is 9.27. The average Bonchev–Trinajstić information content (AvgIpc) is 3.29. The van der Waals surface area contributed by atoms with Crippen LogP contribution < -0.4 is 0 Å². The maximum Gasteiger partial charge on any atom is 0.490 e. The molecule has 2 aliphatic heterocycles. The number of piperidine rings is 1. The van der Waals surface area contributed by atoms with Gasteiger partial charge in [-0.1, -0.05) is 12.1 Å². The second-order valence-corrected chi connectivity index (χ2v) is 9.27. The molecule has 2 saturated heterocycles. The van der Waals surface area contributed by atoms with Gasteiger partial charge in [-0.2, -0.15) is 41.8 Å². The molecule has 2 fully saturated rings. The minimum Gasteiger partial charge on any atom is -0.475 e. The number of hydrogen-bond acceptors (Lipinski definition) is 7. The van der Waals surface area contributed by atoms with Gasteiger partial charge in [-0.3, -0.25) is 9.80 Å². The molecule has 0 saturated carbocycles. The van der Waals surface area contributed by atoms with Crippen LogP contribution in [0.2, 0.25) is 0 Å². The molecule has 1 spiro atoms. The third-order valence-corrected chi connectivity index (χ3v) is 5.91. The molecule has 10 nitrogen and oxygen atoms in total. The zero-order valence-corrected chi connectivity index (χ0v) is 21.0. The maximum atomic E-state index is 13.1. The molecule has 1 atom stereocenters. The Bertz CT molecular complexity index is 1040. The van der Waals surface area contributed by atoms with E-state index in [1.807, 2.05) is 12.1 Å². The van der Waals surface area contributed by atoms with Crippen molar-refractivity contribution in [2.24, 2.45) is 5.41 Å². The van der Waals surface area contributed by atoms with Crippen molar-refractivity contribution < 1.29 is 55.3 Å². The van der Waals surface area contributed by atoms with Gasteiger partial charge in [-0.05, 0) is 37.1 Å². The van der Waals surface area contributed by atoms with Crippen molar-refractivity contribution in [1.29, 1.82) is 0 Å².